The highest BCUT2D eigenvalue weighted by atomic mass is 32.2. The molecule has 1 aliphatic carbocycles. The first-order valence-corrected chi connectivity index (χ1v) is 16.4. The Morgan fingerprint density at radius 2 is 1.79 bits per heavy atom. The molecule has 8 heteroatoms. The number of esters is 1. The summed E-state index contributed by atoms with van der Waals surface area (Å²) in [7, 11) is -3.92. The maximum atomic E-state index is 14.0. The molecule has 0 saturated heterocycles. The fourth-order valence-corrected chi connectivity index (χ4v) is 8.14. The van der Waals surface area contributed by atoms with E-state index < -0.39 is 22.2 Å². The number of aromatic nitrogens is 1. The van der Waals surface area contributed by atoms with Gasteiger partial charge in [-0.05, 0) is 66.6 Å². The average molecular weight is 599 g/mol. The molecule has 0 unspecified atom stereocenters. The summed E-state index contributed by atoms with van der Waals surface area (Å²) in [5.74, 6) is -0.100. The summed E-state index contributed by atoms with van der Waals surface area (Å²) in [6, 6.07) is 19.8. The lowest BCUT2D eigenvalue weighted by molar-refractivity contribution is -0.139. The minimum atomic E-state index is -3.92. The predicted octanol–water partition coefficient (Wildman–Crippen LogP) is 6.20. The minimum Gasteiger partial charge on any atom is -0.463 e. The van der Waals surface area contributed by atoms with Crippen LogP contribution in [-0.2, 0) is 26.0 Å². The number of aryl methyl sites for hydroxylation is 1. The average Bonchev–Trinajstić information content (AvgIpc) is 3.55. The highest BCUT2D eigenvalue weighted by Crippen LogP contribution is 2.47. The second kappa shape index (κ2) is 11.4. The number of aliphatic hydroxyl groups is 1. The van der Waals surface area contributed by atoms with Gasteiger partial charge in [0.05, 0.1) is 35.2 Å². The molecular formula is C35H38N2O5S. The molecule has 4 aromatic rings. The van der Waals surface area contributed by atoms with Gasteiger partial charge in [0.15, 0.2) is 0 Å². The van der Waals surface area contributed by atoms with Crippen LogP contribution in [0.25, 0.3) is 10.9 Å². The van der Waals surface area contributed by atoms with Crippen molar-refractivity contribution >= 4 is 26.9 Å². The van der Waals surface area contributed by atoms with Gasteiger partial charge in [-0.15, -0.1) is 0 Å². The van der Waals surface area contributed by atoms with Gasteiger partial charge in [-0.1, -0.05) is 74.0 Å². The lowest BCUT2D eigenvalue weighted by Crippen LogP contribution is -2.40. The summed E-state index contributed by atoms with van der Waals surface area (Å²) in [4.78, 5) is 15.4. The van der Waals surface area contributed by atoms with Crippen LogP contribution in [0.1, 0.15) is 73.0 Å². The van der Waals surface area contributed by atoms with E-state index >= 15 is 0 Å². The zero-order valence-corrected chi connectivity index (χ0v) is 25.8. The Labute approximate surface area is 253 Å². The van der Waals surface area contributed by atoms with E-state index in [1.54, 1.807) is 37.4 Å². The van der Waals surface area contributed by atoms with E-state index in [9.17, 15) is 18.3 Å². The van der Waals surface area contributed by atoms with Crippen LogP contribution in [-0.4, -0.2) is 47.6 Å². The molecular weight excluding hydrogens is 560 g/mol. The number of carbonyl (C=O) groups is 1. The van der Waals surface area contributed by atoms with Crippen LogP contribution in [0, 0.1) is 6.92 Å². The quantitative estimate of drug-likeness (QED) is 0.255. The van der Waals surface area contributed by atoms with E-state index in [4.69, 9.17) is 4.74 Å². The third-order valence-corrected chi connectivity index (χ3v) is 10.5. The minimum absolute atomic E-state index is 0.204. The standard InChI is InChI=1S/C35H38N2O5S/c1-5-42-35(39)25-17-18-36(34-32(38)20-24-9-8-11-27(22(2)3)33(24)34)31(19-25)29-21-37(30-12-7-6-10-28(29)30)43(40,41)26-15-13-23(4)14-16-26/h6-16,19,21-22,31-32,34,38H,5,17-18,20H2,1-4H3/t31-,32+,34+/m0/s1. The third kappa shape index (κ3) is 5.11. The number of hydrogen-bond acceptors (Lipinski definition) is 6. The van der Waals surface area contributed by atoms with Gasteiger partial charge < -0.3 is 9.84 Å². The van der Waals surface area contributed by atoms with Crippen molar-refractivity contribution in [3.8, 4) is 0 Å². The smallest absolute Gasteiger partial charge is 0.333 e. The third-order valence-electron chi connectivity index (χ3n) is 8.80. The summed E-state index contributed by atoms with van der Waals surface area (Å²) in [5, 5.41) is 12.3. The second-order valence-corrected chi connectivity index (χ2v) is 13.7. The molecule has 0 radical (unpaired) electrons. The molecule has 224 valence electrons. The van der Waals surface area contributed by atoms with Crippen LogP contribution in [0.5, 0.6) is 0 Å². The molecule has 7 nitrogen and oxygen atoms in total. The lowest BCUT2D eigenvalue weighted by Gasteiger charge is -2.40. The summed E-state index contributed by atoms with van der Waals surface area (Å²) >= 11 is 0. The first-order valence-electron chi connectivity index (χ1n) is 15.0. The monoisotopic (exact) mass is 598 g/mol. The number of benzene rings is 3. The highest BCUT2D eigenvalue weighted by molar-refractivity contribution is 7.90. The van der Waals surface area contributed by atoms with Crippen molar-refractivity contribution in [1.29, 1.82) is 0 Å². The van der Waals surface area contributed by atoms with Crippen molar-refractivity contribution in [2.24, 2.45) is 0 Å². The molecule has 1 aromatic heterocycles. The maximum absolute atomic E-state index is 14.0. The summed E-state index contributed by atoms with van der Waals surface area (Å²) in [6.45, 7) is 8.80. The molecule has 3 aromatic carbocycles. The summed E-state index contributed by atoms with van der Waals surface area (Å²) < 4.78 is 34.8. The Hall–Kier alpha value is -3.72. The molecule has 2 aliphatic rings. The number of rotatable bonds is 7. The van der Waals surface area contributed by atoms with Crippen molar-refractivity contribution in [2.45, 2.75) is 69.5 Å². The number of aliphatic hydroxyl groups excluding tert-OH is 1. The van der Waals surface area contributed by atoms with Crippen LogP contribution >= 0.6 is 0 Å². The molecule has 43 heavy (non-hydrogen) atoms. The normalized spacial score (nSPS) is 20.8. The highest BCUT2D eigenvalue weighted by Gasteiger charge is 2.42. The first-order chi connectivity index (χ1) is 20.6. The van der Waals surface area contributed by atoms with Gasteiger partial charge in [0.2, 0.25) is 0 Å². The van der Waals surface area contributed by atoms with Gasteiger partial charge >= 0.3 is 5.97 Å². The van der Waals surface area contributed by atoms with Gasteiger partial charge in [0.25, 0.3) is 10.0 Å². The number of hydrogen-bond donors (Lipinski definition) is 1. The SMILES string of the molecule is CCOC(=O)C1=C[C@@H](c2cn(S(=O)(=O)c3ccc(C)cc3)c3ccccc23)N([C@H]2c3c(cccc3C(C)C)C[C@H]2O)CC1. The number of fused-ring (bicyclic) bond motifs is 2. The lowest BCUT2D eigenvalue weighted by atomic mass is 9.88. The van der Waals surface area contributed by atoms with E-state index in [1.807, 2.05) is 37.3 Å². The Morgan fingerprint density at radius 3 is 2.51 bits per heavy atom. The molecule has 6 rings (SSSR count). The van der Waals surface area contributed by atoms with E-state index in [1.165, 1.54) is 9.54 Å². The number of carbonyl (C=O) groups excluding carboxylic acids is 1. The molecule has 0 fully saturated rings. The van der Waals surface area contributed by atoms with Gasteiger partial charge in [-0.25, -0.2) is 17.2 Å². The molecule has 1 N–H and O–H groups in total. The topological polar surface area (TPSA) is 88.8 Å². The predicted molar refractivity (Wildman–Crippen MR) is 167 cm³/mol. The maximum Gasteiger partial charge on any atom is 0.333 e. The van der Waals surface area contributed by atoms with E-state index in [0.29, 0.717) is 30.5 Å². The number of ether oxygens (including phenoxy) is 1. The van der Waals surface area contributed by atoms with Crippen LogP contribution in [0.2, 0.25) is 0 Å². The van der Waals surface area contributed by atoms with E-state index in [2.05, 4.69) is 36.9 Å². The van der Waals surface area contributed by atoms with Crippen molar-refractivity contribution < 1.29 is 23.1 Å². The number of nitrogens with zero attached hydrogens (tertiary/aromatic N) is 2. The Kier molecular flexibility index (Phi) is 7.79. The number of para-hydroxylation sites is 1. The molecule has 0 spiro atoms. The van der Waals surface area contributed by atoms with E-state index in [-0.39, 0.29) is 29.4 Å². The van der Waals surface area contributed by atoms with Crippen molar-refractivity contribution in [3.05, 3.63) is 112 Å². The van der Waals surface area contributed by atoms with Crippen LogP contribution < -0.4 is 0 Å². The second-order valence-electron chi connectivity index (χ2n) is 11.9. The van der Waals surface area contributed by atoms with Crippen molar-refractivity contribution in [2.75, 3.05) is 13.2 Å². The summed E-state index contributed by atoms with van der Waals surface area (Å²) in [6.07, 6.45) is 3.98. The van der Waals surface area contributed by atoms with Gasteiger partial charge in [0, 0.05) is 30.1 Å². The van der Waals surface area contributed by atoms with Crippen LogP contribution in [0.15, 0.2) is 89.5 Å². The Morgan fingerprint density at radius 1 is 1.05 bits per heavy atom. The molecule has 0 saturated carbocycles. The Balaban J connectivity index is 1.55. The van der Waals surface area contributed by atoms with Gasteiger partial charge in [-0.3, -0.25) is 4.90 Å². The van der Waals surface area contributed by atoms with Crippen molar-refractivity contribution in [1.82, 2.24) is 8.87 Å². The molecule has 1 aliphatic heterocycles. The molecule has 0 bridgehead atoms. The van der Waals surface area contributed by atoms with E-state index in [0.717, 1.165) is 27.6 Å². The largest absolute Gasteiger partial charge is 0.463 e. The fourth-order valence-electron chi connectivity index (χ4n) is 6.76. The summed E-state index contributed by atoms with van der Waals surface area (Å²) in [5.41, 5.74) is 6.32. The zero-order valence-electron chi connectivity index (χ0n) is 25.0. The first kappa shape index (κ1) is 29.4. The van der Waals surface area contributed by atoms with Gasteiger partial charge in [-0.2, -0.15) is 0 Å². The van der Waals surface area contributed by atoms with Crippen LogP contribution in [0.4, 0.5) is 0 Å². The van der Waals surface area contributed by atoms with Gasteiger partial charge in [0.1, 0.15) is 0 Å². The molecule has 3 atom stereocenters. The molecule has 2 heterocycles. The Bertz CT molecular complexity index is 1820. The fraction of sp³-hybridized carbons (Fsp3) is 0.343. The van der Waals surface area contributed by atoms with Crippen molar-refractivity contribution in [3.63, 3.8) is 0 Å². The molecule has 0 amide bonds. The van der Waals surface area contributed by atoms with Crippen LogP contribution in [0.3, 0.4) is 0 Å². The zero-order chi connectivity index (χ0) is 30.5.